The number of aryl methyl sites for hydroxylation is 1. The highest BCUT2D eigenvalue weighted by atomic mass is 16.6. The number of para-hydroxylation sites is 3. The summed E-state index contributed by atoms with van der Waals surface area (Å²) in [5, 5.41) is 13.6. The van der Waals surface area contributed by atoms with Crippen LogP contribution in [0.15, 0.2) is 72.8 Å². The van der Waals surface area contributed by atoms with Gasteiger partial charge in [-0.1, -0.05) is 30.3 Å². The van der Waals surface area contributed by atoms with E-state index in [-0.39, 0.29) is 18.2 Å². The second kappa shape index (κ2) is 8.68. The van der Waals surface area contributed by atoms with Gasteiger partial charge >= 0.3 is 0 Å². The smallest absolute Gasteiger partial charge is 0.272 e. The van der Waals surface area contributed by atoms with Crippen LogP contribution in [0.1, 0.15) is 5.56 Å². The molecule has 0 atom stereocenters. The van der Waals surface area contributed by atoms with E-state index >= 15 is 0 Å². The minimum Gasteiger partial charge on any atom is -0.484 e. The summed E-state index contributed by atoms with van der Waals surface area (Å²) in [5.74, 6) is 1.17. The number of carbonyl (C=O) groups excluding carboxylic acids is 1. The third kappa shape index (κ3) is 4.85. The summed E-state index contributed by atoms with van der Waals surface area (Å²) in [4.78, 5) is 22.6. The molecule has 0 bridgehead atoms. The Balaban J connectivity index is 1.62. The fourth-order valence-corrected chi connectivity index (χ4v) is 2.53. The Bertz CT molecular complexity index is 989. The van der Waals surface area contributed by atoms with Crippen LogP contribution in [0.5, 0.6) is 17.2 Å². The van der Waals surface area contributed by atoms with Crippen molar-refractivity contribution in [3.05, 3.63) is 88.5 Å². The largest absolute Gasteiger partial charge is 0.484 e. The Kier molecular flexibility index (Phi) is 5.86. The van der Waals surface area contributed by atoms with Crippen molar-refractivity contribution in [2.45, 2.75) is 6.92 Å². The first-order valence-electron chi connectivity index (χ1n) is 8.52. The lowest BCUT2D eigenvalue weighted by atomic mass is 10.2. The van der Waals surface area contributed by atoms with Crippen LogP contribution in [-0.2, 0) is 4.79 Å². The Morgan fingerprint density at radius 2 is 1.71 bits per heavy atom. The van der Waals surface area contributed by atoms with Crippen LogP contribution in [0.2, 0.25) is 0 Å². The third-order valence-corrected chi connectivity index (χ3v) is 3.87. The molecule has 0 saturated carbocycles. The van der Waals surface area contributed by atoms with Gasteiger partial charge in [0.2, 0.25) is 0 Å². The highest BCUT2D eigenvalue weighted by Gasteiger charge is 2.12. The fourth-order valence-electron chi connectivity index (χ4n) is 2.53. The molecule has 0 spiro atoms. The van der Waals surface area contributed by atoms with Crippen molar-refractivity contribution in [2.75, 3.05) is 11.9 Å². The molecule has 0 heterocycles. The van der Waals surface area contributed by atoms with Gasteiger partial charge in [0.1, 0.15) is 11.5 Å². The Morgan fingerprint density at radius 3 is 2.43 bits per heavy atom. The average molecular weight is 378 g/mol. The molecule has 7 heteroatoms. The van der Waals surface area contributed by atoms with Crippen LogP contribution in [0.25, 0.3) is 0 Å². The first-order chi connectivity index (χ1) is 13.5. The Hall–Kier alpha value is -3.87. The zero-order valence-corrected chi connectivity index (χ0v) is 15.1. The molecule has 0 aliphatic rings. The number of nitrogens with zero attached hydrogens (tertiary/aromatic N) is 1. The lowest BCUT2D eigenvalue weighted by Gasteiger charge is -2.12. The molecule has 1 N–H and O–H groups in total. The first-order valence-corrected chi connectivity index (χ1v) is 8.52. The van der Waals surface area contributed by atoms with Gasteiger partial charge in [0, 0.05) is 11.6 Å². The molecule has 0 unspecified atom stereocenters. The Morgan fingerprint density at radius 1 is 1.00 bits per heavy atom. The number of amides is 1. The van der Waals surface area contributed by atoms with Crippen molar-refractivity contribution >= 4 is 17.3 Å². The van der Waals surface area contributed by atoms with Gasteiger partial charge in [0.25, 0.3) is 11.6 Å². The molecule has 0 aliphatic carbocycles. The molecular formula is C21H18N2O5. The second-order valence-corrected chi connectivity index (χ2v) is 5.95. The number of benzene rings is 3. The number of nitro benzene ring substituents is 1. The summed E-state index contributed by atoms with van der Waals surface area (Å²) in [6.45, 7) is 1.37. The summed E-state index contributed by atoms with van der Waals surface area (Å²) >= 11 is 0. The van der Waals surface area contributed by atoms with E-state index in [2.05, 4.69) is 5.32 Å². The van der Waals surface area contributed by atoms with Crippen molar-refractivity contribution in [1.82, 2.24) is 0 Å². The van der Waals surface area contributed by atoms with Crippen molar-refractivity contribution in [3.63, 3.8) is 0 Å². The van der Waals surface area contributed by atoms with Crippen LogP contribution < -0.4 is 14.8 Å². The standard InChI is InChI=1S/C21H18N2O5/c1-15-13-17(11-12-19(15)23(25)26)27-14-21(24)22-18-9-5-6-10-20(18)28-16-7-3-2-4-8-16/h2-13H,14H2,1H3,(H,22,24). The maximum atomic E-state index is 12.3. The van der Waals surface area contributed by atoms with Gasteiger partial charge in [-0.25, -0.2) is 0 Å². The second-order valence-electron chi connectivity index (χ2n) is 5.95. The number of hydrogen-bond donors (Lipinski definition) is 1. The summed E-state index contributed by atoms with van der Waals surface area (Å²) in [5.41, 5.74) is 0.980. The van der Waals surface area contributed by atoms with Gasteiger partial charge in [-0.2, -0.15) is 0 Å². The molecule has 0 radical (unpaired) electrons. The van der Waals surface area contributed by atoms with Crippen LogP contribution in [0.3, 0.4) is 0 Å². The molecule has 3 aromatic carbocycles. The predicted molar refractivity (Wildman–Crippen MR) is 105 cm³/mol. The van der Waals surface area contributed by atoms with E-state index in [1.807, 2.05) is 36.4 Å². The van der Waals surface area contributed by atoms with Gasteiger partial charge in [-0.3, -0.25) is 14.9 Å². The van der Waals surface area contributed by atoms with Crippen LogP contribution in [0, 0.1) is 17.0 Å². The molecule has 7 nitrogen and oxygen atoms in total. The molecule has 0 aliphatic heterocycles. The van der Waals surface area contributed by atoms with Gasteiger partial charge in [-0.05, 0) is 43.3 Å². The summed E-state index contributed by atoms with van der Waals surface area (Å²) in [6, 6.07) is 20.7. The van der Waals surface area contributed by atoms with Gasteiger partial charge in [0.15, 0.2) is 12.4 Å². The van der Waals surface area contributed by atoms with Crippen molar-refractivity contribution in [2.24, 2.45) is 0 Å². The maximum absolute atomic E-state index is 12.3. The number of carbonyl (C=O) groups is 1. The van der Waals surface area contributed by atoms with E-state index in [1.165, 1.54) is 18.2 Å². The highest BCUT2D eigenvalue weighted by Crippen LogP contribution is 2.29. The van der Waals surface area contributed by atoms with E-state index < -0.39 is 4.92 Å². The van der Waals surface area contributed by atoms with E-state index in [4.69, 9.17) is 9.47 Å². The van der Waals surface area contributed by atoms with Crippen molar-refractivity contribution < 1.29 is 19.2 Å². The average Bonchev–Trinajstić information content (AvgIpc) is 2.68. The zero-order valence-electron chi connectivity index (χ0n) is 15.1. The third-order valence-electron chi connectivity index (χ3n) is 3.87. The van der Waals surface area contributed by atoms with Crippen molar-refractivity contribution in [1.29, 1.82) is 0 Å². The molecule has 0 saturated heterocycles. The highest BCUT2D eigenvalue weighted by molar-refractivity contribution is 5.93. The quantitative estimate of drug-likeness (QED) is 0.475. The molecule has 0 fully saturated rings. The zero-order chi connectivity index (χ0) is 19.9. The molecule has 3 aromatic rings. The monoisotopic (exact) mass is 378 g/mol. The van der Waals surface area contributed by atoms with Crippen molar-refractivity contribution in [3.8, 4) is 17.2 Å². The first kappa shape index (κ1) is 18.9. The van der Waals surface area contributed by atoms with Gasteiger partial charge in [0.05, 0.1) is 10.6 Å². The molecule has 3 rings (SSSR count). The number of nitro groups is 1. The molecule has 142 valence electrons. The maximum Gasteiger partial charge on any atom is 0.272 e. The van der Waals surface area contributed by atoms with Gasteiger partial charge < -0.3 is 14.8 Å². The number of rotatable bonds is 7. The SMILES string of the molecule is Cc1cc(OCC(=O)Nc2ccccc2Oc2ccccc2)ccc1[N+](=O)[O-]. The molecule has 28 heavy (non-hydrogen) atoms. The number of hydrogen-bond acceptors (Lipinski definition) is 5. The Labute approximate surface area is 161 Å². The fraction of sp³-hybridized carbons (Fsp3) is 0.0952. The lowest BCUT2D eigenvalue weighted by Crippen LogP contribution is -2.20. The van der Waals surface area contributed by atoms with Crippen LogP contribution in [0.4, 0.5) is 11.4 Å². The molecule has 1 amide bonds. The molecule has 0 aromatic heterocycles. The van der Waals surface area contributed by atoms with Gasteiger partial charge in [-0.15, -0.1) is 0 Å². The van der Waals surface area contributed by atoms with E-state index in [0.29, 0.717) is 28.5 Å². The van der Waals surface area contributed by atoms with Crippen LogP contribution >= 0.6 is 0 Å². The van der Waals surface area contributed by atoms with E-state index in [9.17, 15) is 14.9 Å². The van der Waals surface area contributed by atoms with E-state index in [0.717, 1.165) is 0 Å². The lowest BCUT2D eigenvalue weighted by molar-refractivity contribution is -0.385. The molecular weight excluding hydrogens is 360 g/mol. The number of nitrogens with one attached hydrogen (secondary N) is 1. The number of ether oxygens (including phenoxy) is 2. The minimum atomic E-state index is -0.463. The minimum absolute atomic E-state index is 0.00351. The van der Waals surface area contributed by atoms with E-state index in [1.54, 1.807) is 25.1 Å². The summed E-state index contributed by atoms with van der Waals surface area (Å²) < 4.78 is 11.2. The summed E-state index contributed by atoms with van der Waals surface area (Å²) in [7, 11) is 0. The topological polar surface area (TPSA) is 90.7 Å². The normalized spacial score (nSPS) is 10.2. The van der Waals surface area contributed by atoms with Crippen LogP contribution in [-0.4, -0.2) is 17.4 Å². The predicted octanol–water partition coefficient (Wildman–Crippen LogP) is 4.71. The number of anilines is 1. The summed E-state index contributed by atoms with van der Waals surface area (Å²) in [6.07, 6.45) is 0.